The molecule has 118 valence electrons. The van der Waals surface area contributed by atoms with Crippen LogP contribution in [0.2, 0.25) is 0 Å². The van der Waals surface area contributed by atoms with Crippen LogP contribution in [0.3, 0.4) is 0 Å². The van der Waals surface area contributed by atoms with Crippen LogP contribution in [0, 0.1) is 5.82 Å². The van der Waals surface area contributed by atoms with Crippen LogP contribution >= 0.6 is 0 Å². The summed E-state index contributed by atoms with van der Waals surface area (Å²) in [5, 5.41) is 2.80. The maximum atomic E-state index is 14.7. The SMILES string of the molecule is CC1(C)OB(c2cccc(C(=O)NC3CC3)c2F)OC1(C)C. The number of benzene rings is 1. The molecule has 0 unspecified atom stereocenters. The van der Waals surface area contributed by atoms with Gasteiger partial charge in [-0.1, -0.05) is 12.1 Å². The van der Waals surface area contributed by atoms with E-state index in [0.717, 1.165) is 12.8 Å². The van der Waals surface area contributed by atoms with Gasteiger partial charge in [-0.05, 0) is 46.6 Å². The molecular weight excluding hydrogens is 284 g/mol. The third kappa shape index (κ3) is 2.65. The summed E-state index contributed by atoms with van der Waals surface area (Å²) >= 11 is 0. The van der Waals surface area contributed by atoms with Gasteiger partial charge in [0.1, 0.15) is 5.82 Å². The lowest BCUT2D eigenvalue weighted by Gasteiger charge is -2.32. The molecule has 1 aromatic carbocycles. The molecule has 1 aliphatic carbocycles. The molecule has 1 saturated carbocycles. The van der Waals surface area contributed by atoms with Gasteiger partial charge >= 0.3 is 7.12 Å². The monoisotopic (exact) mass is 305 g/mol. The topological polar surface area (TPSA) is 47.6 Å². The van der Waals surface area contributed by atoms with Crippen LogP contribution in [-0.2, 0) is 9.31 Å². The zero-order chi connectivity index (χ0) is 16.1. The molecular formula is C16H21BFNO3. The van der Waals surface area contributed by atoms with E-state index in [1.54, 1.807) is 12.1 Å². The summed E-state index contributed by atoms with van der Waals surface area (Å²) in [7, 11) is -0.807. The molecule has 1 aliphatic heterocycles. The van der Waals surface area contributed by atoms with E-state index in [2.05, 4.69) is 5.32 Å². The smallest absolute Gasteiger partial charge is 0.399 e. The summed E-state index contributed by atoms with van der Waals surface area (Å²) < 4.78 is 26.5. The predicted octanol–water partition coefficient (Wildman–Crippen LogP) is 2.02. The van der Waals surface area contributed by atoms with E-state index < -0.39 is 24.1 Å². The van der Waals surface area contributed by atoms with E-state index >= 15 is 0 Å². The Hall–Kier alpha value is -1.40. The fourth-order valence-corrected chi connectivity index (χ4v) is 2.37. The van der Waals surface area contributed by atoms with Crippen molar-refractivity contribution in [3.05, 3.63) is 29.6 Å². The Labute approximate surface area is 130 Å². The standard InChI is InChI=1S/C16H21BFNO3/c1-15(2)16(3,4)22-17(21-15)12-7-5-6-11(13(12)18)14(20)19-10-8-9-10/h5-7,10H,8-9H2,1-4H3,(H,19,20). The number of carbonyl (C=O) groups is 1. The van der Waals surface area contributed by atoms with Gasteiger partial charge < -0.3 is 14.6 Å². The fraction of sp³-hybridized carbons (Fsp3) is 0.562. The molecule has 2 fully saturated rings. The van der Waals surface area contributed by atoms with Crippen LogP contribution in [-0.4, -0.2) is 30.3 Å². The third-order valence-electron chi connectivity index (χ3n) is 4.69. The molecule has 1 N–H and O–H groups in total. The van der Waals surface area contributed by atoms with Crippen LogP contribution < -0.4 is 10.8 Å². The molecule has 3 rings (SSSR count). The van der Waals surface area contributed by atoms with Gasteiger partial charge in [-0.25, -0.2) is 4.39 Å². The lowest BCUT2D eigenvalue weighted by molar-refractivity contribution is 0.00578. The maximum Gasteiger partial charge on any atom is 0.497 e. The van der Waals surface area contributed by atoms with Gasteiger partial charge in [0.2, 0.25) is 0 Å². The first-order valence-electron chi connectivity index (χ1n) is 7.66. The van der Waals surface area contributed by atoms with Gasteiger partial charge in [0, 0.05) is 11.5 Å². The van der Waals surface area contributed by atoms with Crippen molar-refractivity contribution in [2.75, 3.05) is 0 Å². The summed E-state index contributed by atoms with van der Waals surface area (Å²) in [6.45, 7) is 7.65. The second-order valence-electron chi connectivity index (χ2n) is 7.04. The van der Waals surface area contributed by atoms with Crippen molar-refractivity contribution in [3.8, 4) is 0 Å². The molecule has 2 aliphatic rings. The lowest BCUT2D eigenvalue weighted by atomic mass is 9.77. The number of rotatable bonds is 3. The molecule has 0 bridgehead atoms. The zero-order valence-corrected chi connectivity index (χ0v) is 13.4. The highest BCUT2D eigenvalue weighted by molar-refractivity contribution is 6.62. The average Bonchev–Trinajstić information content (AvgIpc) is 3.17. The van der Waals surface area contributed by atoms with E-state index in [1.807, 2.05) is 27.7 Å². The highest BCUT2D eigenvalue weighted by atomic mass is 19.1. The first kappa shape index (κ1) is 15.5. The van der Waals surface area contributed by atoms with E-state index in [0.29, 0.717) is 0 Å². The Morgan fingerprint density at radius 3 is 2.36 bits per heavy atom. The summed E-state index contributed by atoms with van der Waals surface area (Å²) in [6, 6.07) is 4.94. The van der Waals surface area contributed by atoms with Gasteiger partial charge in [0.25, 0.3) is 5.91 Å². The van der Waals surface area contributed by atoms with Crippen molar-refractivity contribution in [1.29, 1.82) is 0 Å². The quantitative estimate of drug-likeness (QED) is 0.869. The van der Waals surface area contributed by atoms with Crippen LogP contribution in [0.25, 0.3) is 0 Å². The van der Waals surface area contributed by atoms with Gasteiger partial charge in [-0.2, -0.15) is 0 Å². The molecule has 4 nitrogen and oxygen atoms in total. The lowest BCUT2D eigenvalue weighted by Crippen LogP contribution is -2.41. The number of carbonyl (C=O) groups excluding carboxylic acids is 1. The minimum absolute atomic E-state index is 0.0408. The van der Waals surface area contributed by atoms with Crippen molar-refractivity contribution in [2.24, 2.45) is 0 Å². The zero-order valence-electron chi connectivity index (χ0n) is 13.4. The summed E-state index contributed by atoms with van der Waals surface area (Å²) in [6.07, 6.45) is 1.93. The summed E-state index contributed by atoms with van der Waals surface area (Å²) in [5.74, 6) is -0.947. The molecule has 1 aromatic rings. The fourth-order valence-electron chi connectivity index (χ4n) is 2.37. The Morgan fingerprint density at radius 1 is 1.23 bits per heavy atom. The number of hydrogen-bond donors (Lipinski definition) is 1. The normalized spacial score (nSPS) is 22.7. The highest BCUT2D eigenvalue weighted by Crippen LogP contribution is 2.36. The number of hydrogen-bond acceptors (Lipinski definition) is 3. The van der Waals surface area contributed by atoms with Crippen molar-refractivity contribution < 1.29 is 18.5 Å². The van der Waals surface area contributed by atoms with Gasteiger partial charge in [0.05, 0.1) is 16.8 Å². The van der Waals surface area contributed by atoms with Crippen molar-refractivity contribution in [3.63, 3.8) is 0 Å². The summed E-state index contributed by atoms with van der Waals surface area (Å²) in [4.78, 5) is 12.1. The average molecular weight is 305 g/mol. The van der Waals surface area contributed by atoms with Crippen LogP contribution in [0.15, 0.2) is 18.2 Å². The third-order valence-corrected chi connectivity index (χ3v) is 4.69. The van der Waals surface area contributed by atoms with Crippen molar-refractivity contribution >= 4 is 18.5 Å². The minimum atomic E-state index is -0.807. The van der Waals surface area contributed by atoms with Crippen LogP contribution in [0.5, 0.6) is 0 Å². The molecule has 6 heteroatoms. The molecule has 1 amide bonds. The Balaban J connectivity index is 1.87. The predicted molar refractivity (Wildman–Crippen MR) is 82.6 cm³/mol. The van der Waals surface area contributed by atoms with Gasteiger partial charge in [-0.15, -0.1) is 0 Å². The van der Waals surface area contributed by atoms with E-state index in [1.165, 1.54) is 6.07 Å². The van der Waals surface area contributed by atoms with E-state index in [9.17, 15) is 9.18 Å². The Bertz CT molecular complexity index is 597. The van der Waals surface area contributed by atoms with E-state index in [-0.39, 0.29) is 23.0 Å². The molecule has 1 saturated heterocycles. The first-order chi connectivity index (χ1) is 10.2. The Morgan fingerprint density at radius 2 is 1.82 bits per heavy atom. The first-order valence-corrected chi connectivity index (χ1v) is 7.66. The molecule has 1 heterocycles. The highest BCUT2D eigenvalue weighted by Gasteiger charge is 2.52. The van der Waals surface area contributed by atoms with Crippen LogP contribution in [0.4, 0.5) is 4.39 Å². The molecule has 0 spiro atoms. The number of halogens is 1. The molecule has 0 radical (unpaired) electrons. The number of amides is 1. The van der Waals surface area contributed by atoms with E-state index in [4.69, 9.17) is 9.31 Å². The Kier molecular flexibility index (Phi) is 3.57. The molecule has 0 atom stereocenters. The molecule has 0 aromatic heterocycles. The number of nitrogens with one attached hydrogen (secondary N) is 1. The second kappa shape index (κ2) is 5.06. The molecule has 22 heavy (non-hydrogen) atoms. The minimum Gasteiger partial charge on any atom is -0.399 e. The maximum absolute atomic E-state index is 14.7. The van der Waals surface area contributed by atoms with Crippen LogP contribution in [0.1, 0.15) is 50.9 Å². The van der Waals surface area contributed by atoms with Gasteiger partial charge in [-0.3, -0.25) is 4.79 Å². The van der Waals surface area contributed by atoms with Crippen molar-refractivity contribution in [2.45, 2.75) is 57.8 Å². The second-order valence-corrected chi connectivity index (χ2v) is 7.04. The summed E-state index contributed by atoms with van der Waals surface area (Å²) in [5.41, 5.74) is -0.784. The van der Waals surface area contributed by atoms with Crippen molar-refractivity contribution in [1.82, 2.24) is 5.32 Å². The van der Waals surface area contributed by atoms with Gasteiger partial charge in [0.15, 0.2) is 0 Å². The largest absolute Gasteiger partial charge is 0.497 e.